The third-order valence-electron chi connectivity index (χ3n) is 7.35. The van der Waals surface area contributed by atoms with Crippen LogP contribution in [0.4, 0.5) is 30.4 Å². The number of ether oxygens (including phenoxy) is 1. The molecular formula is C31H38ClF3N6O2. The molecule has 0 unspecified atom stereocenters. The van der Waals surface area contributed by atoms with Crippen LogP contribution < -0.4 is 15.0 Å². The monoisotopic (exact) mass is 618 g/mol. The molecule has 1 fully saturated rings. The largest absolute Gasteiger partial charge is 0.492 e. The van der Waals surface area contributed by atoms with E-state index in [1.54, 1.807) is 12.1 Å². The fraction of sp³-hybridized carbons (Fsp3) is 0.484. The normalized spacial score (nSPS) is 16.7. The highest BCUT2D eigenvalue weighted by atomic mass is 35.5. The van der Waals surface area contributed by atoms with Gasteiger partial charge >= 0.3 is 6.18 Å². The molecule has 2 aliphatic heterocycles. The molecule has 5 rings (SSSR count). The highest BCUT2D eigenvalue weighted by molar-refractivity contribution is 6.32. The number of fused-ring (bicyclic) bond motifs is 1. The summed E-state index contributed by atoms with van der Waals surface area (Å²) in [5, 5.41) is 5.88. The summed E-state index contributed by atoms with van der Waals surface area (Å²) < 4.78 is 45.6. The minimum Gasteiger partial charge on any atom is -0.492 e. The van der Waals surface area contributed by atoms with Crippen molar-refractivity contribution in [2.45, 2.75) is 51.9 Å². The lowest BCUT2D eigenvalue weighted by molar-refractivity contribution is -0.240. The van der Waals surface area contributed by atoms with Crippen LogP contribution in [0.15, 0.2) is 48.8 Å². The average Bonchev–Trinajstić information content (AvgIpc) is 2.96. The smallest absolute Gasteiger partial charge is 0.416 e. The Morgan fingerprint density at radius 1 is 0.977 bits per heavy atom. The molecule has 2 aromatic carbocycles. The third kappa shape index (κ3) is 8.50. The van der Waals surface area contributed by atoms with Crippen molar-refractivity contribution in [2.75, 3.05) is 56.1 Å². The second-order valence-corrected chi connectivity index (χ2v) is 12.2. The Bertz CT molecular complexity index is 1390. The Hall–Kier alpha value is -3.12. The number of rotatable bonds is 9. The van der Waals surface area contributed by atoms with Crippen LogP contribution in [-0.4, -0.2) is 71.4 Å². The van der Waals surface area contributed by atoms with Gasteiger partial charge in [-0.15, -0.1) is 0 Å². The molecule has 0 aliphatic carbocycles. The maximum absolute atomic E-state index is 13.2. The summed E-state index contributed by atoms with van der Waals surface area (Å²) in [6, 6.07) is 10.9. The van der Waals surface area contributed by atoms with Gasteiger partial charge in [-0.1, -0.05) is 17.7 Å². The van der Waals surface area contributed by atoms with E-state index in [-0.39, 0.29) is 5.60 Å². The quantitative estimate of drug-likeness (QED) is 0.270. The van der Waals surface area contributed by atoms with Crippen molar-refractivity contribution in [3.63, 3.8) is 0 Å². The summed E-state index contributed by atoms with van der Waals surface area (Å²) >= 11 is 6.55. The van der Waals surface area contributed by atoms with Gasteiger partial charge in [-0.3, -0.25) is 4.84 Å². The molecule has 0 atom stereocenters. The highest BCUT2D eigenvalue weighted by Crippen LogP contribution is 2.34. The lowest BCUT2D eigenvalue weighted by atomic mass is 10.0. The van der Waals surface area contributed by atoms with E-state index in [1.807, 2.05) is 17.0 Å². The van der Waals surface area contributed by atoms with Crippen LogP contribution in [-0.2, 0) is 24.0 Å². The van der Waals surface area contributed by atoms with Crippen LogP contribution in [0.5, 0.6) is 5.75 Å². The first kappa shape index (κ1) is 31.3. The van der Waals surface area contributed by atoms with Crippen molar-refractivity contribution in [1.29, 1.82) is 0 Å². The van der Waals surface area contributed by atoms with Crippen molar-refractivity contribution in [3.05, 3.63) is 70.6 Å². The number of hydrogen-bond donors (Lipinski definition) is 1. The first-order chi connectivity index (χ1) is 20.4. The number of benzene rings is 2. The van der Waals surface area contributed by atoms with Gasteiger partial charge in [0, 0.05) is 56.2 Å². The highest BCUT2D eigenvalue weighted by Gasteiger charge is 2.31. The predicted octanol–water partition coefficient (Wildman–Crippen LogP) is 6.57. The van der Waals surface area contributed by atoms with Crippen LogP contribution in [0.2, 0.25) is 5.02 Å². The molecule has 0 spiro atoms. The number of alkyl halides is 3. The molecule has 3 aromatic rings. The zero-order chi connectivity index (χ0) is 30.6. The SMILES string of the molecule is CC(C)(C)ON1CCN(CCCOc2ccc(Nc3ncnc4c3CCN(c3cccc(C(F)(F)F)c3)C4)cc2Cl)CC1. The summed E-state index contributed by atoms with van der Waals surface area (Å²) in [5.74, 6) is 1.28. The van der Waals surface area contributed by atoms with Gasteiger partial charge in [-0.2, -0.15) is 18.2 Å². The van der Waals surface area contributed by atoms with Gasteiger partial charge in [0.05, 0.1) is 35.0 Å². The summed E-state index contributed by atoms with van der Waals surface area (Å²) in [4.78, 5) is 19.1. The lowest BCUT2D eigenvalue weighted by Gasteiger charge is -2.37. The number of nitrogens with zero attached hydrogens (tertiary/aromatic N) is 5. The van der Waals surface area contributed by atoms with E-state index in [2.05, 4.69) is 46.0 Å². The van der Waals surface area contributed by atoms with Crippen molar-refractivity contribution < 1.29 is 22.7 Å². The van der Waals surface area contributed by atoms with Gasteiger partial charge in [-0.25, -0.2) is 9.97 Å². The topological polar surface area (TPSA) is 66.0 Å². The molecule has 1 N–H and O–H groups in total. The Kier molecular flexibility index (Phi) is 9.65. The van der Waals surface area contributed by atoms with Gasteiger partial charge in [0.25, 0.3) is 0 Å². The van der Waals surface area contributed by atoms with Crippen molar-refractivity contribution >= 4 is 28.8 Å². The number of hydroxylamine groups is 2. The molecule has 0 bridgehead atoms. The third-order valence-corrected chi connectivity index (χ3v) is 7.65. The molecule has 43 heavy (non-hydrogen) atoms. The van der Waals surface area contributed by atoms with E-state index < -0.39 is 11.7 Å². The minimum absolute atomic E-state index is 0.172. The fourth-order valence-electron chi connectivity index (χ4n) is 5.30. The van der Waals surface area contributed by atoms with Gasteiger partial charge in [0.15, 0.2) is 0 Å². The van der Waals surface area contributed by atoms with E-state index in [9.17, 15) is 13.2 Å². The molecule has 1 saturated heterocycles. The van der Waals surface area contributed by atoms with E-state index in [4.69, 9.17) is 21.2 Å². The molecule has 0 saturated carbocycles. The van der Waals surface area contributed by atoms with Gasteiger partial charge < -0.3 is 19.9 Å². The summed E-state index contributed by atoms with van der Waals surface area (Å²) in [7, 11) is 0. The standard InChI is InChI=1S/C31H38ClF3N6O2/c1-30(2,3)43-41-15-13-39(14-16-41)11-5-17-42-28-9-8-23(19-26(28)32)38-29-25-10-12-40(20-27(25)36-21-37-29)24-7-4-6-22(18-24)31(33,34)35/h4,6-9,18-19,21H,5,10-17,20H2,1-3H3,(H,36,37,38). The molecule has 0 amide bonds. The first-order valence-corrected chi connectivity index (χ1v) is 14.9. The van der Waals surface area contributed by atoms with E-state index >= 15 is 0 Å². The maximum Gasteiger partial charge on any atom is 0.416 e. The van der Waals surface area contributed by atoms with Gasteiger partial charge in [0.2, 0.25) is 0 Å². The van der Waals surface area contributed by atoms with Crippen LogP contribution in [0.3, 0.4) is 0 Å². The van der Waals surface area contributed by atoms with Crippen LogP contribution in [0, 0.1) is 0 Å². The number of hydrogen-bond acceptors (Lipinski definition) is 8. The molecule has 8 nitrogen and oxygen atoms in total. The minimum atomic E-state index is -4.39. The lowest BCUT2D eigenvalue weighted by Crippen LogP contribution is -2.48. The first-order valence-electron chi connectivity index (χ1n) is 14.6. The van der Waals surface area contributed by atoms with Gasteiger partial charge in [-0.05, 0) is 70.0 Å². The molecule has 3 heterocycles. The Balaban J connectivity index is 1.12. The van der Waals surface area contributed by atoms with Crippen molar-refractivity contribution in [3.8, 4) is 5.75 Å². The maximum atomic E-state index is 13.2. The van der Waals surface area contributed by atoms with E-state index in [0.717, 1.165) is 62.2 Å². The predicted molar refractivity (Wildman–Crippen MR) is 162 cm³/mol. The van der Waals surface area contributed by atoms with Crippen LogP contribution in [0.25, 0.3) is 0 Å². The van der Waals surface area contributed by atoms with Crippen LogP contribution >= 0.6 is 11.6 Å². The Morgan fingerprint density at radius 2 is 1.77 bits per heavy atom. The molecule has 1 aromatic heterocycles. The molecule has 12 heteroatoms. The van der Waals surface area contributed by atoms with Crippen molar-refractivity contribution in [1.82, 2.24) is 19.9 Å². The number of aromatic nitrogens is 2. The van der Waals surface area contributed by atoms with Gasteiger partial charge in [0.1, 0.15) is 17.9 Å². The summed E-state index contributed by atoms with van der Waals surface area (Å²) in [6.07, 6.45) is -1.44. The zero-order valence-electron chi connectivity index (χ0n) is 24.8. The molecular weight excluding hydrogens is 581 g/mol. The van der Waals surface area contributed by atoms with Crippen molar-refractivity contribution in [2.24, 2.45) is 0 Å². The second-order valence-electron chi connectivity index (χ2n) is 11.8. The zero-order valence-corrected chi connectivity index (χ0v) is 25.5. The average molecular weight is 619 g/mol. The second kappa shape index (κ2) is 13.3. The molecule has 2 aliphatic rings. The Morgan fingerprint density at radius 3 is 2.49 bits per heavy atom. The number of piperazine rings is 1. The number of halogens is 4. The summed E-state index contributed by atoms with van der Waals surface area (Å²) in [5.41, 5.74) is 2.15. The number of anilines is 3. The Labute approximate surface area is 255 Å². The molecule has 232 valence electrons. The number of nitrogens with one attached hydrogen (secondary N) is 1. The van der Waals surface area contributed by atoms with E-state index in [1.165, 1.54) is 18.5 Å². The molecule has 0 radical (unpaired) electrons. The van der Waals surface area contributed by atoms with Crippen LogP contribution in [0.1, 0.15) is 44.0 Å². The summed E-state index contributed by atoms with van der Waals surface area (Å²) in [6.45, 7) is 12.4. The van der Waals surface area contributed by atoms with E-state index in [0.29, 0.717) is 48.4 Å². The fourth-order valence-corrected chi connectivity index (χ4v) is 5.53.